The molecule has 0 bridgehead atoms. The van der Waals surface area contributed by atoms with Gasteiger partial charge in [0.1, 0.15) is 5.75 Å². The molecule has 3 N–H and O–H groups in total. The summed E-state index contributed by atoms with van der Waals surface area (Å²) in [4.78, 5) is 11.9. The summed E-state index contributed by atoms with van der Waals surface area (Å²) >= 11 is 0. The molecule has 1 atom stereocenters. The summed E-state index contributed by atoms with van der Waals surface area (Å²) in [5.41, 5.74) is 7.75. The van der Waals surface area contributed by atoms with Crippen LogP contribution in [0, 0.1) is 0 Å². The number of rotatable bonds is 1. The lowest BCUT2D eigenvalue weighted by Crippen LogP contribution is -2.36. The zero-order valence-electron chi connectivity index (χ0n) is 9.59. The molecule has 0 radical (unpaired) electrons. The quantitative estimate of drug-likeness (QED) is 0.750. The van der Waals surface area contributed by atoms with E-state index in [1.54, 1.807) is 24.3 Å². The van der Waals surface area contributed by atoms with Crippen LogP contribution in [0.5, 0.6) is 5.75 Å². The SMILES string of the molecule is Nc1cccc([C@H]2NC(=O)c3ccccc3O2)c1. The molecule has 3 rings (SSSR count). The summed E-state index contributed by atoms with van der Waals surface area (Å²) in [6.45, 7) is 0. The normalized spacial score (nSPS) is 17.6. The number of carbonyl (C=O) groups excluding carboxylic acids is 1. The molecule has 0 aromatic heterocycles. The summed E-state index contributed by atoms with van der Waals surface area (Å²) in [6, 6.07) is 14.5. The van der Waals surface area contributed by atoms with Gasteiger partial charge in [-0.1, -0.05) is 24.3 Å². The Hall–Kier alpha value is -2.49. The van der Waals surface area contributed by atoms with Gasteiger partial charge in [-0.15, -0.1) is 0 Å². The third-order valence-corrected chi connectivity index (χ3v) is 2.85. The highest BCUT2D eigenvalue weighted by atomic mass is 16.5. The van der Waals surface area contributed by atoms with Crippen LogP contribution in [0.4, 0.5) is 5.69 Å². The highest BCUT2D eigenvalue weighted by Crippen LogP contribution is 2.29. The number of nitrogens with two attached hydrogens (primary N) is 1. The van der Waals surface area contributed by atoms with Gasteiger partial charge < -0.3 is 15.8 Å². The molecular weight excluding hydrogens is 228 g/mol. The topological polar surface area (TPSA) is 64.3 Å². The number of hydrogen-bond acceptors (Lipinski definition) is 3. The number of hydrogen-bond donors (Lipinski definition) is 2. The van der Waals surface area contributed by atoms with Crippen molar-refractivity contribution < 1.29 is 9.53 Å². The highest BCUT2D eigenvalue weighted by molar-refractivity contribution is 5.98. The van der Waals surface area contributed by atoms with E-state index in [9.17, 15) is 4.79 Å². The van der Waals surface area contributed by atoms with Gasteiger partial charge in [-0.25, -0.2) is 0 Å². The van der Waals surface area contributed by atoms with Crippen molar-refractivity contribution in [2.24, 2.45) is 0 Å². The lowest BCUT2D eigenvalue weighted by molar-refractivity contribution is 0.0756. The fraction of sp³-hybridized carbons (Fsp3) is 0.0714. The van der Waals surface area contributed by atoms with Crippen LogP contribution in [0.3, 0.4) is 0 Å². The molecule has 1 aliphatic heterocycles. The van der Waals surface area contributed by atoms with Gasteiger partial charge in [0.05, 0.1) is 5.56 Å². The summed E-state index contributed by atoms with van der Waals surface area (Å²) in [6.07, 6.45) is -0.490. The zero-order chi connectivity index (χ0) is 12.5. The maximum atomic E-state index is 11.9. The Kier molecular flexibility index (Phi) is 2.41. The van der Waals surface area contributed by atoms with Gasteiger partial charge in [-0.2, -0.15) is 0 Å². The molecular formula is C14H12N2O2. The summed E-state index contributed by atoms with van der Waals surface area (Å²) in [5, 5.41) is 2.80. The predicted octanol–water partition coefficient (Wildman–Crippen LogP) is 2.09. The van der Waals surface area contributed by atoms with Crippen LogP contribution in [0.2, 0.25) is 0 Å². The van der Waals surface area contributed by atoms with Crippen LogP contribution in [0.15, 0.2) is 48.5 Å². The molecule has 0 spiro atoms. The largest absolute Gasteiger partial charge is 0.466 e. The molecule has 1 amide bonds. The number of anilines is 1. The first-order valence-corrected chi connectivity index (χ1v) is 5.66. The van der Waals surface area contributed by atoms with Crippen molar-refractivity contribution in [1.82, 2.24) is 5.32 Å². The molecule has 2 aromatic rings. The molecule has 0 aliphatic carbocycles. The second kappa shape index (κ2) is 4.07. The number of carbonyl (C=O) groups is 1. The lowest BCUT2D eigenvalue weighted by Gasteiger charge is -2.27. The summed E-state index contributed by atoms with van der Waals surface area (Å²) in [5.74, 6) is 0.456. The molecule has 4 nitrogen and oxygen atoms in total. The van der Waals surface area contributed by atoms with Crippen LogP contribution < -0.4 is 15.8 Å². The van der Waals surface area contributed by atoms with E-state index in [4.69, 9.17) is 10.5 Å². The first-order chi connectivity index (χ1) is 8.74. The van der Waals surface area contributed by atoms with E-state index < -0.39 is 6.23 Å². The van der Waals surface area contributed by atoms with Gasteiger partial charge in [-0.3, -0.25) is 4.79 Å². The average molecular weight is 240 g/mol. The third-order valence-electron chi connectivity index (χ3n) is 2.85. The van der Waals surface area contributed by atoms with E-state index in [0.717, 1.165) is 5.56 Å². The van der Waals surface area contributed by atoms with Crippen molar-refractivity contribution in [3.8, 4) is 5.75 Å². The van der Waals surface area contributed by atoms with E-state index in [1.807, 2.05) is 24.3 Å². The molecule has 0 unspecified atom stereocenters. The Morgan fingerprint density at radius 1 is 1.11 bits per heavy atom. The van der Waals surface area contributed by atoms with Crippen LogP contribution in [-0.2, 0) is 0 Å². The second-order valence-corrected chi connectivity index (χ2v) is 4.14. The molecule has 18 heavy (non-hydrogen) atoms. The number of amides is 1. The van der Waals surface area contributed by atoms with Crippen molar-refractivity contribution >= 4 is 11.6 Å². The first kappa shape index (κ1) is 10.7. The van der Waals surface area contributed by atoms with Crippen molar-refractivity contribution in [3.63, 3.8) is 0 Å². The molecule has 2 aromatic carbocycles. The monoisotopic (exact) mass is 240 g/mol. The van der Waals surface area contributed by atoms with Gasteiger partial charge >= 0.3 is 0 Å². The van der Waals surface area contributed by atoms with Crippen molar-refractivity contribution in [1.29, 1.82) is 0 Å². The van der Waals surface area contributed by atoms with Crippen molar-refractivity contribution in [2.45, 2.75) is 6.23 Å². The number of nitrogens with one attached hydrogen (secondary N) is 1. The van der Waals surface area contributed by atoms with Crippen molar-refractivity contribution in [3.05, 3.63) is 59.7 Å². The minimum Gasteiger partial charge on any atom is -0.466 e. The number of benzene rings is 2. The molecule has 90 valence electrons. The fourth-order valence-electron chi connectivity index (χ4n) is 1.98. The Morgan fingerprint density at radius 3 is 2.78 bits per heavy atom. The molecule has 0 saturated carbocycles. The predicted molar refractivity (Wildman–Crippen MR) is 68.1 cm³/mol. The van der Waals surface area contributed by atoms with Gasteiger partial charge in [0.25, 0.3) is 5.91 Å². The Morgan fingerprint density at radius 2 is 1.94 bits per heavy atom. The molecule has 0 fully saturated rings. The van der Waals surface area contributed by atoms with E-state index in [0.29, 0.717) is 17.0 Å². The summed E-state index contributed by atoms with van der Waals surface area (Å²) in [7, 11) is 0. The maximum absolute atomic E-state index is 11.9. The summed E-state index contributed by atoms with van der Waals surface area (Å²) < 4.78 is 5.76. The van der Waals surface area contributed by atoms with Gasteiger partial charge in [0, 0.05) is 11.3 Å². The first-order valence-electron chi connectivity index (χ1n) is 5.66. The number of para-hydroxylation sites is 1. The zero-order valence-corrected chi connectivity index (χ0v) is 9.59. The van der Waals surface area contributed by atoms with Gasteiger partial charge in [0.15, 0.2) is 6.23 Å². The Bertz CT molecular complexity index is 610. The number of fused-ring (bicyclic) bond motifs is 1. The highest BCUT2D eigenvalue weighted by Gasteiger charge is 2.25. The van der Waals surface area contributed by atoms with Crippen molar-refractivity contribution in [2.75, 3.05) is 5.73 Å². The third kappa shape index (κ3) is 1.78. The van der Waals surface area contributed by atoms with Crippen LogP contribution in [0.1, 0.15) is 22.1 Å². The second-order valence-electron chi connectivity index (χ2n) is 4.14. The van der Waals surface area contributed by atoms with E-state index in [2.05, 4.69) is 5.32 Å². The van der Waals surface area contributed by atoms with E-state index in [1.165, 1.54) is 0 Å². The van der Waals surface area contributed by atoms with Crippen LogP contribution in [0.25, 0.3) is 0 Å². The standard InChI is InChI=1S/C14H12N2O2/c15-10-5-3-4-9(8-10)14-16-13(17)11-6-1-2-7-12(11)18-14/h1-8,14H,15H2,(H,16,17)/t14-/m0/s1. The van der Waals surface area contributed by atoms with E-state index in [-0.39, 0.29) is 5.91 Å². The number of ether oxygens (including phenoxy) is 1. The van der Waals surface area contributed by atoms with Crippen LogP contribution >= 0.6 is 0 Å². The maximum Gasteiger partial charge on any atom is 0.258 e. The molecule has 0 saturated heterocycles. The Balaban J connectivity index is 1.97. The van der Waals surface area contributed by atoms with E-state index >= 15 is 0 Å². The molecule has 1 aliphatic rings. The molecule has 4 heteroatoms. The number of nitrogen functional groups attached to an aromatic ring is 1. The average Bonchev–Trinajstić information content (AvgIpc) is 2.39. The Labute approximate surface area is 104 Å². The molecule has 1 heterocycles. The smallest absolute Gasteiger partial charge is 0.258 e. The lowest BCUT2D eigenvalue weighted by atomic mass is 10.1. The fourth-order valence-corrected chi connectivity index (χ4v) is 1.98. The van der Waals surface area contributed by atoms with Crippen LogP contribution in [-0.4, -0.2) is 5.91 Å². The van der Waals surface area contributed by atoms with Gasteiger partial charge in [-0.05, 0) is 24.3 Å². The minimum absolute atomic E-state index is 0.135. The minimum atomic E-state index is -0.490. The van der Waals surface area contributed by atoms with Gasteiger partial charge in [0.2, 0.25) is 0 Å².